The molecule has 0 aromatic carbocycles. The predicted octanol–water partition coefficient (Wildman–Crippen LogP) is 0.129. The van der Waals surface area contributed by atoms with Crippen LogP contribution in [0.1, 0.15) is 5.69 Å². The summed E-state index contributed by atoms with van der Waals surface area (Å²) in [6.45, 7) is 0. The lowest BCUT2D eigenvalue weighted by Gasteiger charge is -1.87. The van der Waals surface area contributed by atoms with Crippen LogP contribution in [0.2, 0.25) is 0 Å². The molecule has 0 unspecified atom stereocenters. The van der Waals surface area contributed by atoms with Gasteiger partial charge < -0.3 is 0 Å². The average molecular weight is 121 g/mol. The highest BCUT2D eigenvalue weighted by Gasteiger charge is 1.88. The molecule has 3 nitrogen and oxygen atoms in total. The summed E-state index contributed by atoms with van der Waals surface area (Å²) in [5.74, 6) is 0. The summed E-state index contributed by atoms with van der Waals surface area (Å²) in [5.41, 5.74) is 0.708. The van der Waals surface area contributed by atoms with Gasteiger partial charge in [0.25, 0.3) is 0 Å². The van der Waals surface area contributed by atoms with E-state index in [1.54, 1.807) is 18.5 Å². The number of nitrogens with zero attached hydrogens (tertiary/aromatic N) is 2. The Hall–Kier alpha value is -1.25. The maximum absolute atomic E-state index is 9.79. The van der Waals surface area contributed by atoms with Gasteiger partial charge >= 0.3 is 0 Å². The molecule has 0 spiro atoms. The monoisotopic (exact) mass is 121 g/mol. The molecule has 0 N–H and O–H groups in total. The maximum Gasteiger partial charge on any atom is 0.204 e. The first-order valence-corrected chi connectivity index (χ1v) is 2.53. The molecular formula is C6H5N2O. The molecule has 0 aliphatic heterocycles. The second-order valence-corrected chi connectivity index (χ2v) is 1.52. The van der Waals surface area contributed by atoms with Crippen LogP contribution in [0, 0.1) is 0 Å². The van der Waals surface area contributed by atoms with Gasteiger partial charge in [-0.1, -0.05) is 0 Å². The van der Waals surface area contributed by atoms with Gasteiger partial charge in [-0.3, -0.25) is 4.79 Å². The van der Waals surface area contributed by atoms with Crippen molar-refractivity contribution in [3.8, 4) is 0 Å². The first kappa shape index (κ1) is 5.88. The molecule has 0 fully saturated rings. The Balaban J connectivity index is 2.72. The van der Waals surface area contributed by atoms with Crippen molar-refractivity contribution in [1.29, 1.82) is 0 Å². The zero-order chi connectivity index (χ0) is 6.53. The SMILES string of the molecule is O=[C]Cc1ccncn1. The van der Waals surface area contributed by atoms with Crippen molar-refractivity contribution < 1.29 is 4.79 Å². The quantitative estimate of drug-likeness (QED) is 0.558. The van der Waals surface area contributed by atoms with Crippen molar-refractivity contribution in [2.24, 2.45) is 0 Å². The molecule has 1 rings (SSSR count). The van der Waals surface area contributed by atoms with Crippen molar-refractivity contribution in [2.45, 2.75) is 6.42 Å². The minimum Gasteiger partial charge on any atom is -0.290 e. The van der Waals surface area contributed by atoms with Crippen molar-refractivity contribution in [2.75, 3.05) is 0 Å². The molecule has 0 saturated heterocycles. The average Bonchev–Trinajstić information content (AvgIpc) is 1.91. The summed E-state index contributed by atoms with van der Waals surface area (Å²) < 4.78 is 0. The largest absolute Gasteiger partial charge is 0.290 e. The second kappa shape index (κ2) is 2.91. The fourth-order valence-corrected chi connectivity index (χ4v) is 0.497. The topological polar surface area (TPSA) is 42.9 Å². The molecule has 0 bridgehead atoms. The fourth-order valence-electron chi connectivity index (χ4n) is 0.497. The number of carbonyl (C=O) groups excluding carboxylic acids is 1. The predicted molar refractivity (Wildman–Crippen MR) is 31.4 cm³/mol. The molecule has 1 aromatic rings. The number of hydrogen-bond acceptors (Lipinski definition) is 3. The van der Waals surface area contributed by atoms with Crippen LogP contribution in [-0.2, 0) is 11.2 Å². The van der Waals surface area contributed by atoms with Crippen LogP contribution >= 0.6 is 0 Å². The van der Waals surface area contributed by atoms with Crippen molar-refractivity contribution in [3.63, 3.8) is 0 Å². The molecule has 1 radical (unpaired) electrons. The van der Waals surface area contributed by atoms with E-state index in [9.17, 15) is 4.79 Å². The number of aromatic nitrogens is 2. The van der Waals surface area contributed by atoms with E-state index in [0.29, 0.717) is 5.69 Å². The summed E-state index contributed by atoms with van der Waals surface area (Å²) in [5, 5.41) is 0. The zero-order valence-corrected chi connectivity index (χ0v) is 4.74. The van der Waals surface area contributed by atoms with E-state index in [1.807, 2.05) is 0 Å². The van der Waals surface area contributed by atoms with Gasteiger partial charge in [0.15, 0.2) is 0 Å². The highest BCUT2D eigenvalue weighted by atomic mass is 16.1. The van der Waals surface area contributed by atoms with Crippen LogP contribution in [0.5, 0.6) is 0 Å². The Morgan fingerprint density at radius 2 is 2.56 bits per heavy atom. The van der Waals surface area contributed by atoms with Gasteiger partial charge in [0.05, 0.1) is 12.1 Å². The summed E-state index contributed by atoms with van der Waals surface area (Å²) in [7, 11) is 0. The molecule has 0 aliphatic rings. The lowest BCUT2D eigenvalue weighted by molar-refractivity contribution is 0.554. The number of rotatable bonds is 2. The summed E-state index contributed by atoms with van der Waals surface area (Å²) >= 11 is 0. The minimum absolute atomic E-state index is 0.252. The third-order valence-electron chi connectivity index (χ3n) is 0.897. The molecule has 0 saturated carbocycles. The van der Waals surface area contributed by atoms with E-state index >= 15 is 0 Å². The Kier molecular flexibility index (Phi) is 1.90. The van der Waals surface area contributed by atoms with Crippen LogP contribution in [0.4, 0.5) is 0 Å². The van der Waals surface area contributed by atoms with E-state index in [1.165, 1.54) is 6.33 Å². The van der Waals surface area contributed by atoms with E-state index in [0.717, 1.165) is 0 Å². The van der Waals surface area contributed by atoms with E-state index < -0.39 is 0 Å². The minimum atomic E-state index is 0.252. The Morgan fingerprint density at radius 3 is 3.11 bits per heavy atom. The smallest absolute Gasteiger partial charge is 0.204 e. The summed E-state index contributed by atoms with van der Waals surface area (Å²) in [4.78, 5) is 17.3. The molecule has 0 aliphatic carbocycles. The molecule has 0 atom stereocenters. The van der Waals surface area contributed by atoms with Gasteiger partial charge in [-0.05, 0) is 6.07 Å². The van der Waals surface area contributed by atoms with E-state index in [4.69, 9.17) is 0 Å². The zero-order valence-electron chi connectivity index (χ0n) is 4.74. The summed E-state index contributed by atoms with van der Waals surface area (Å²) in [6, 6.07) is 1.69. The highest BCUT2D eigenvalue weighted by molar-refractivity contribution is 5.54. The van der Waals surface area contributed by atoms with Crippen molar-refractivity contribution in [3.05, 3.63) is 24.3 Å². The Labute approximate surface area is 52.8 Å². The van der Waals surface area contributed by atoms with Crippen LogP contribution < -0.4 is 0 Å². The van der Waals surface area contributed by atoms with Crippen LogP contribution in [0.25, 0.3) is 0 Å². The van der Waals surface area contributed by atoms with Gasteiger partial charge in [0.2, 0.25) is 6.29 Å². The summed E-state index contributed by atoms with van der Waals surface area (Å²) in [6.07, 6.45) is 5.00. The highest BCUT2D eigenvalue weighted by Crippen LogP contribution is 1.87. The molecular weight excluding hydrogens is 116 g/mol. The standard InChI is InChI=1S/C6H5N2O/c9-4-2-6-1-3-7-5-8-6/h1,3,5H,2H2. The normalized spacial score (nSPS) is 8.89. The van der Waals surface area contributed by atoms with Gasteiger partial charge in [0.1, 0.15) is 6.33 Å². The Morgan fingerprint density at radius 1 is 1.67 bits per heavy atom. The van der Waals surface area contributed by atoms with E-state index in [2.05, 4.69) is 9.97 Å². The van der Waals surface area contributed by atoms with Crippen LogP contribution in [0.3, 0.4) is 0 Å². The second-order valence-electron chi connectivity index (χ2n) is 1.52. The van der Waals surface area contributed by atoms with Crippen molar-refractivity contribution in [1.82, 2.24) is 9.97 Å². The molecule has 0 amide bonds. The lowest BCUT2D eigenvalue weighted by atomic mass is 10.3. The third-order valence-corrected chi connectivity index (χ3v) is 0.897. The molecule has 9 heavy (non-hydrogen) atoms. The first-order chi connectivity index (χ1) is 4.43. The maximum atomic E-state index is 9.79. The van der Waals surface area contributed by atoms with E-state index in [-0.39, 0.29) is 6.42 Å². The molecule has 45 valence electrons. The number of hydrogen-bond donors (Lipinski definition) is 0. The molecule has 1 heterocycles. The van der Waals surface area contributed by atoms with Crippen molar-refractivity contribution >= 4 is 6.29 Å². The van der Waals surface area contributed by atoms with Gasteiger partial charge in [-0.2, -0.15) is 0 Å². The fraction of sp³-hybridized carbons (Fsp3) is 0.167. The Bertz CT molecular complexity index is 186. The molecule has 1 aromatic heterocycles. The van der Waals surface area contributed by atoms with Crippen LogP contribution in [-0.4, -0.2) is 16.3 Å². The van der Waals surface area contributed by atoms with Gasteiger partial charge in [0, 0.05) is 6.20 Å². The molecule has 3 heteroatoms. The lowest BCUT2D eigenvalue weighted by Crippen LogP contribution is -1.89. The van der Waals surface area contributed by atoms with Gasteiger partial charge in [-0.15, -0.1) is 0 Å². The van der Waals surface area contributed by atoms with Crippen LogP contribution in [0.15, 0.2) is 18.6 Å². The third kappa shape index (κ3) is 1.60. The van der Waals surface area contributed by atoms with Gasteiger partial charge in [-0.25, -0.2) is 9.97 Å². The first-order valence-electron chi connectivity index (χ1n) is 2.53.